The molecule has 3 rings (SSSR count). The fourth-order valence-electron chi connectivity index (χ4n) is 3.99. The normalized spacial score (nSPS) is 20.1. The summed E-state index contributed by atoms with van der Waals surface area (Å²) in [5.41, 5.74) is 4.71. The van der Waals surface area contributed by atoms with Crippen LogP contribution in [0.15, 0.2) is 11.6 Å². The van der Waals surface area contributed by atoms with E-state index in [1.165, 1.54) is 36.1 Å². The summed E-state index contributed by atoms with van der Waals surface area (Å²) < 4.78 is 0. The smallest absolute Gasteiger partial charge is 0.237 e. The summed E-state index contributed by atoms with van der Waals surface area (Å²) in [6.07, 6.45) is 8.01. The summed E-state index contributed by atoms with van der Waals surface area (Å²) in [4.78, 5) is 29.1. The molecule has 7 nitrogen and oxygen atoms in total. The molecular formula is C21H33N5O2. The van der Waals surface area contributed by atoms with Gasteiger partial charge in [-0.3, -0.25) is 19.6 Å². The van der Waals surface area contributed by atoms with Crippen LogP contribution in [-0.4, -0.2) is 64.5 Å². The van der Waals surface area contributed by atoms with Gasteiger partial charge in [0.25, 0.3) is 0 Å². The molecule has 2 heterocycles. The lowest BCUT2D eigenvalue weighted by Crippen LogP contribution is -2.56. The van der Waals surface area contributed by atoms with Gasteiger partial charge in [0.1, 0.15) is 0 Å². The molecule has 7 heteroatoms. The van der Waals surface area contributed by atoms with Crippen LogP contribution in [0.2, 0.25) is 0 Å². The topological polar surface area (TPSA) is 81.3 Å². The second-order valence-electron chi connectivity index (χ2n) is 8.23. The minimum atomic E-state index is -0.407. The van der Waals surface area contributed by atoms with Crippen molar-refractivity contribution in [2.75, 3.05) is 26.7 Å². The van der Waals surface area contributed by atoms with Gasteiger partial charge in [0.05, 0.1) is 24.7 Å². The number of H-pyrrole nitrogens is 1. The second-order valence-corrected chi connectivity index (χ2v) is 8.23. The number of aromatic amines is 1. The Balaban J connectivity index is 1.63. The predicted octanol–water partition coefficient (Wildman–Crippen LogP) is 1.79. The SMILES string of the molecule is CC(C)=CCN1CCNC(=O)[C@H]1CC(=O)N(C)Cc1n[nH]c2c1CCCCC2. The Morgan fingerprint density at radius 2 is 2.07 bits per heavy atom. The Hall–Kier alpha value is -2.15. The second kappa shape index (κ2) is 9.37. The van der Waals surface area contributed by atoms with E-state index in [-0.39, 0.29) is 18.2 Å². The first-order chi connectivity index (χ1) is 13.5. The molecule has 1 fully saturated rings. The molecule has 2 amide bonds. The van der Waals surface area contributed by atoms with Gasteiger partial charge in [-0.1, -0.05) is 18.1 Å². The molecule has 0 aromatic carbocycles. The monoisotopic (exact) mass is 387 g/mol. The largest absolute Gasteiger partial charge is 0.353 e. The molecule has 28 heavy (non-hydrogen) atoms. The zero-order valence-corrected chi connectivity index (χ0v) is 17.4. The zero-order chi connectivity index (χ0) is 20.1. The summed E-state index contributed by atoms with van der Waals surface area (Å²) in [6.45, 7) is 6.69. The average Bonchev–Trinajstić information content (AvgIpc) is 2.88. The fourth-order valence-corrected chi connectivity index (χ4v) is 3.99. The Morgan fingerprint density at radius 1 is 1.29 bits per heavy atom. The molecule has 154 valence electrons. The highest BCUT2D eigenvalue weighted by atomic mass is 16.2. The summed E-state index contributed by atoms with van der Waals surface area (Å²) in [5.74, 6) is -0.0709. The number of rotatable bonds is 6. The number of hydrogen-bond acceptors (Lipinski definition) is 4. The average molecular weight is 388 g/mol. The summed E-state index contributed by atoms with van der Waals surface area (Å²) >= 11 is 0. The number of carbonyl (C=O) groups excluding carboxylic acids is 2. The summed E-state index contributed by atoms with van der Waals surface area (Å²) in [7, 11) is 1.81. The number of nitrogens with one attached hydrogen (secondary N) is 2. The molecule has 0 radical (unpaired) electrons. The molecule has 2 aliphatic rings. The number of aryl methyl sites for hydroxylation is 1. The van der Waals surface area contributed by atoms with Crippen molar-refractivity contribution in [1.82, 2.24) is 25.3 Å². The van der Waals surface area contributed by atoms with Crippen LogP contribution in [0.5, 0.6) is 0 Å². The van der Waals surface area contributed by atoms with Crippen LogP contribution in [0.4, 0.5) is 0 Å². The molecule has 0 bridgehead atoms. The summed E-state index contributed by atoms with van der Waals surface area (Å²) in [5, 5.41) is 10.5. The van der Waals surface area contributed by atoms with Gasteiger partial charge in [-0.25, -0.2) is 0 Å². The van der Waals surface area contributed by atoms with E-state index in [9.17, 15) is 9.59 Å². The lowest BCUT2D eigenvalue weighted by atomic mass is 10.1. The fraction of sp³-hybridized carbons (Fsp3) is 0.667. The maximum absolute atomic E-state index is 12.9. The van der Waals surface area contributed by atoms with Crippen molar-refractivity contribution in [3.05, 3.63) is 28.6 Å². The lowest BCUT2D eigenvalue weighted by Gasteiger charge is -2.34. The first kappa shape index (κ1) is 20.6. The third-order valence-electron chi connectivity index (χ3n) is 5.75. The molecule has 0 unspecified atom stereocenters. The molecule has 1 aliphatic carbocycles. The highest BCUT2D eigenvalue weighted by molar-refractivity contribution is 5.88. The molecular weight excluding hydrogens is 354 g/mol. The number of fused-ring (bicyclic) bond motifs is 1. The van der Waals surface area contributed by atoms with Gasteiger partial charge < -0.3 is 10.2 Å². The Morgan fingerprint density at radius 3 is 2.86 bits per heavy atom. The number of amides is 2. The van der Waals surface area contributed by atoms with Gasteiger partial charge in [0.15, 0.2) is 0 Å². The van der Waals surface area contributed by atoms with Crippen LogP contribution in [-0.2, 0) is 29.0 Å². The van der Waals surface area contributed by atoms with Gasteiger partial charge in [-0.15, -0.1) is 0 Å². The summed E-state index contributed by atoms with van der Waals surface area (Å²) in [6, 6.07) is -0.407. The molecule has 1 aromatic rings. The van der Waals surface area contributed by atoms with E-state index < -0.39 is 6.04 Å². The van der Waals surface area contributed by atoms with Crippen LogP contribution in [0.1, 0.15) is 56.5 Å². The quantitative estimate of drug-likeness (QED) is 0.576. The van der Waals surface area contributed by atoms with Crippen molar-refractivity contribution in [3.8, 4) is 0 Å². The van der Waals surface area contributed by atoms with Crippen molar-refractivity contribution in [2.45, 2.75) is 65.0 Å². The number of nitrogens with zero attached hydrogens (tertiary/aromatic N) is 3. The molecule has 1 saturated heterocycles. The van der Waals surface area contributed by atoms with Crippen molar-refractivity contribution in [3.63, 3.8) is 0 Å². The molecule has 2 N–H and O–H groups in total. The van der Waals surface area contributed by atoms with E-state index in [1.807, 2.05) is 13.8 Å². The van der Waals surface area contributed by atoms with E-state index in [0.29, 0.717) is 19.6 Å². The Labute approximate surface area is 167 Å². The van der Waals surface area contributed by atoms with Crippen LogP contribution in [0.3, 0.4) is 0 Å². The van der Waals surface area contributed by atoms with Gasteiger partial charge in [-0.05, 0) is 45.1 Å². The van der Waals surface area contributed by atoms with Crippen LogP contribution < -0.4 is 5.32 Å². The van der Waals surface area contributed by atoms with Crippen molar-refractivity contribution in [2.24, 2.45) is 0 Å². The number of piperazine rings is 1. The molecule has 0 saturated carbocycles. The van der Waals surface area contributed by atoms with Crippen LogP contribution in [0.25, 0.3) is 0 Å². The van der Waals surface area contributed by atoms with Gasteiger partial charge >= 0.3 is 0 Å². The Kier molecular flexibility index (Phi) is 6.88. The Bertz CT molecular complexity index is 735. The highest BCUT2D eigenvalue weighted by Gasteiger charge is 2.32. The maximum atomic E-state index is 12.9. The van der Waals surface area contributed by atoms with E-state index >= 15 is 0 Å². The third kappa shape index (κ3) is 5.01. The van der Waals surface area contributed by atoms with E-state index in [0.717, 1.165) is 25.1 Å². The van der Waals surface area contributed by atoms with Gasteiger partial charge in [0, 0.05) is 32.4 Å². The van der Waals surface area contributed by atoms with E-state index in [1.54, 1.807) is 11.9 Å². The van der Waals surface area contributed by atoms with E-state index in [4.69, 9.17) is 0 Å². The van der Waals surface area contributed by atoms with Gasteiger partial charge in [-0.2, -0.15) is 5.10 Å². The molecule has 1 aliphatic heterocycles. The number of aromatic nitrogens is 2. The van der Waals surface area contributed by atoms with Gasteiger partial charge in [0.2, 0.25) is 11.8 Å². The molecule has 0 spiro atoms. The number of carbonyl (C=O) groups is 2. The minimum absolute atomic E-state index is 0.0189. The number of allylic oxidation sites excluding steroid dienone is 1. The molecule has 1 atom stereocenters. The van der Waals surface area contributed by atoms with Crippen LogP contribution in [0, 0.1) is 0 Å². The first-order valence-corrected chi connectivity index (χ1v) is 10.4. The highest BCUT2D eigenvalue weighted by Crippen LogP contribution is 2.22. The van der Waals surface area contributed by atoms with Crippen molar-refractivity contribution < 1.29 is 9.59 Å². The van der Waals surface area contributed by atoms with Crippen molar-refractivity contribution >= 4 is 11.8 Å². The zero-order valence-electron chi connectivity index (χ0n) is 17.4. The lowest BCUT2D eigenvalue weighted by molar-refractivity contribution is -0.138. The maximum Gasteiger partial charge on any atom is 0.237 e. The van der Waals surface area contributed by atoms with Crippen molar-refractivity contribution in [1.29, 1.82) is 0 Å². The standard InChI is InChI=1S/C21H33N5O2/c1-15(2)9-11-26-12-10-22-21(28)19(26)13-20(27)25(3)14-18-16-7-5-4-6-8-17(16)23-24-18/h9,19H,4-8,10-14H2,1-3H3,(H,22,28)(H,23,24)/t19-/m1/s1. The van der Waals surface area contributed by atoms with E-state index in [2.05, 4.69) is 26.5 Å². The first-order valence-electron chi connectivity index (χ1n) is 10.4. The third-order valence-corrected chi connectivity index (χ3v) is 5.75. The molecule has 1 aromatic heterocycles. The minimum Gasteiger partial charge on any atom is -0.353 e. The predicted molar refractivity (Wildman–Crippen MR) is 109 cm³/mol. The number of hydrogen-bond donors (Lipinski definition) is 2. The van der Waals surface area contributed by atoms with Crippen LogP contribution >= 0.6 is 0 Å².